The third-order valence-corrected chi connectivity index (χ3v) is 4.35. The normalized spacial score (nSPS) is 10.3. The van der Waals surface area contributed by atoms with Crippen LogP contribution in [-0.2, 0) is 4.74 Å². The number of rotatable bonds is 8. The highest BCUT2D eigenvalue weighted by atomic mass is 35.5. The summed E-state index contributed by atoms with van der Waals surface area (Å²) in [4.78, 5) is 24.6. The van der Waals surface area contributed by atoms with E-state index < -0.39 is 5.91 Å². The average Bonchev–Trinajstić information content (AvgIpc) is 2.67. The maximum Gasteiger partial charge on any atom is 0.255 e. The lowest BCUT2D eigenvalue weighted by Crippen LogP contribution is -2.27. The molecule has 0 atom stereocenters. The molecule has 28 heavy (non-hydrogen) atoms. The number of ether oxygens (including phenoxy) is 3. The van der Waals surface area contributed by atoms with Crippen molar-refractivity contribution in [1.29, 1.82) is 0 Å². The summed E-state index contributed by atoms with van der Waals surface area (Å²) >= 11 is 12.3. The molecule has 0 radical (unpaired) electrons. The van der Waals surface area contributed by atoms with Crippen molar-refractivity contribution in [3.63, 3.8) is 0 Å². The Bertz CT molecular complexity index is 874. The van der Waals surface area contributed by atoms with Crippen molar-refractivity contribution in [1.82, 2.24) is 5.32 Å². The van der Waals surface area contributed by atoms with Crippen LogP contribution in [-0.4, -0.2) is 46.3 Å². The second-order valence-corrected chi connectivity index (χ2v) is 6.41. The number of methoxy groups -OCH3 is 3. The fourth-order valence-corrected chi connectivity index (χ4v) is 2.95. The van der Waals surface area contributed by atoms with Crippen molar-refractivity contribution in [3.8, 4) is 11.5 Å². The summed E-state index contributed by atoms with van der Waals surface area (Å²) in [5.41, 5.74) is 0.999. The van der Waals surface area contributed by atoms with E-state index in [0.717, 1.165) is 0 Å². The van der Waals surface area contributed by atoms with Gasteiger partial charge in [0, 0.05) is 24.9 Å². The Morgan fingerprint density at radius 3 is 2.32 bits per heavy atom. The predicted molar refractivity (Wildman–Crippen MR) is 108 cm³/mol. The smallest absolute Gasteiger partial charge is 0.255 e. The largest absolute Gasteiger partial charge is 0.493 e. The summed E-state index contributed by atoms with van der Waals surface area (Å²) in [6.45, 7) is 0.760. The second kappa shape index (κ2) is 10.2. The number of benzene rings is 2. The van der Waals surface area contributed by atoms with Crippen LogP contribution in [0.25, 0.3) is 0 Å². The van der Waals surface area contributed by atoms with Gasteiger partial charge in [0.15, 0.2) is 11.5 Å². The van der Waals surface area contributed by atoms with Crippen molar-refractivity contribution < 1.29 is 23.8 Å². The maximum atomic E-state index is 12.5. The molecule has 2 amide bonds. The number of anilines is 1. The van der Waals surface area contributed by atoms with Crippen LogP contribution >= 0.6 is 23.2 Å². The molecule has 0 aliphatic rings. The van der Waals surface area contributed by atoms with Crippen molar-refractivity contribution in [2.45, 2.75) is 0 Å². The SMILES string of the molecule is COCCNC(=O)c1ccc(NC(=O)c2cc(Cl)c(OC)c(OC)c2)cc1Cl. The lowest BCUT2D eigenvalue weighted by Gasteiger charge is -2.12. The van der Waals surface area contributed by atoms with Crippen LogP contribution in [0.5, 0.6) is 11.5 Å². The molecule has 0 heterocycles. The summed E-state index contributed by atoms with van der Waals surface area (Å²) in [5, 5.41) is 5.83. The van der Waals surface area contributed by atoms with Gasteiger partial charge in [-0.25, -0.2) is 0 Å². The van der Waals surface area contributed by atoms with Crippen LogP contribution in [0.1, 0.15) is 20.7 Å². The molecule has 0 bridgehead atoms. The van der Waals surface area contributed by atoms with Gasteiger partial charge in [0.05, 0.1) is 36.4 Å². The van der Waals surface area contributed by atoms with E-state index in [9.17, 15) is 9.59 Å². The minimum absolute atomic E-state index is 0.207. The Morgan fingerprint density at radius 2 is 1.71 bits per heavy atom. The quantitative estimate of drug-likeness (QED) is 0.629. The molecule has 0 fully saturated rings. The Balaban J connectivity index is 2.15. The van der Waals surface area contributed by atoms with Gasteiger partial charge < -0.3 is 24.8 Å². The van der Waals surface area contributed by atoms with Gasteiger partial charge in [-0.1, -0.05) is 23.2 Å². The van der Waals surface area contributed by atoms with Crippen LogP contribution in [0.4, 0.5) is 5.69 Å². The Labute approximate surface area is 172 Å². The zero-order valence-corrected chi connectivity index (χ0v) is 17.1. The van der Waals surface area contributed by atoms with E-state index in [1.165, 1.54) is 38.5 Å². The van der Waals surface area contributed by atoms with Crippen LogP contribution in [0, 0.1) is 0 Å². The van der Waals surface area contributed by atoms with E-state index in [0.29, 0.717) is 35.9 Å². The molecule has 150 valence electrons. The van der Waals surface area contributed by atoms with Gasteiger partial charge in [0.2, 0.25) is 0 Å². The minimum Gasteiger partial charge on any atom is -0.493 e. The highest BCUT2D eigenvalue weighted by molar-refractivity contribution is 6.34. The maximum absolute atomic E-state index is 12.5. The summed E-state index contributed by atoms with van der Waals surface area (Å²) in [6.07, 6.45) is 0. The second-order valence-electron chi connectivity index (χ2n) is 5.59. The van der Waals surface area contributed by atoms with Gasteiger partial charge in [0.1, 0.15) is 0 Å². The first-order valence-corrected chi connectivity index (χ1v) is 8.96. The van der Waals surface area contributed by atoms with Crippen LogP contribution in [0.3, 0.4) is 0 Å². The van der Waals surface area contributed by atoms with Gasteiger partial charge >= 0.3 is 0 Å². The molecule has 0 saturated carbocycles. The van der Waals surface area contributed by atoms with Crippen molar-refractivity contribution in [3.05, 3.63) is 51.5 Å². The van der Waals surface area contributed by atoms with E-state index in [1.54, 1.807) is 13.2 Å². The van der Waals surface area contributed by atoms with Gasteiger partial charge in [-0.3, -0.25) is 9.59 Å². The van der Waals surface area contributed by atoms with Crippen LogP contribution < -0.4 is 20.1 Å². The van der Waals surface area contributed by atoms with Gasteiger partial charge in [-0.15, -0.1) is 0 Å². The monoisotopic (exact) mass is 426 g/mol. The first kappa shape index (κ1) is 21.8. The first-order chi connectivity index (χ1) is 13.4. The van der Waals surface area contributed by atoms with E-state index in [2.05, 4.69) is 10.6 Å². The fourth-order valence-electron chi connectivity index (χ4n) is 2.39. The number of carbonyl (C=O) groups excluding carboxylic acids is 2. The van der Waals surface area contributed by atoms with Crippen LogP contribution in [0.2, 0.25) is 10.0 Å². The van der Waals surface area contributed by atoms with Crippen molar-refractivity contribution >= 4 is 40.7 Å². The highest BCUT2D eigenvalue weighted by Gasteiger charge is 2.16. The number of amides is 2. The molecule has 0 saturated heterocycles. The lowest BCUT2D eigenvalue weighted by atomic mass is 10.1. The molecule has 0 aliphatic heterocycles. The molecule has 2 rings (SSSR count). The zero-order chi connectivity index (χ0) is 20.7. The Hall–Kier alpha value is -2.48. The summed E-state index contributed by atoms with van der Waals surface area (Å²) in [6, 6.07) is 7.59. The average molecular weight is 427 g/mol. The summed E-state index contributed by atoms with van der Waals surface area (Å²) in [5.74, 6) is -0.0725. The number of nitrogens with one attached hydrogen (secondary N) is 2. The zero-order valence-electron chi connectivity index (χ0n) is 15.6. The Kier molecular flexibility index (Phi) is 7.92. The fraction of sp³-hybridized carbons (Fsp3) is 0.263. The highest BCUT2D eigenvalue weighted by Crippen LogP contribution is 2.36. The van der Waals surface area contributed by atoms with Crippen molar-refractivity contribution in [2.24, 2.45) is 0 Å². The summed E-state index contributed by atoms with van der Waals surface area (Å²) < 4.78 is 15.2. The van der Waals surface area contributed by atoms with Gasteiger partial charge in [-0.05, 0) is 30.3 Å². The molecule has 7 nitrogen and oxygen atoms in total. The molecule has 9 heteroatoms. The molecular formula is C19H20Cl2N2O5. The molecule has 2 aromatic rings. The molecule has 0 unspecified atom stereocenters. The molecular weight excluding hydrogens is 407 g/mol. The first-order valence-electron chi connectivity index (χ1n) is 8.20. The molecule has 2 N–H and O–H groups in total. The Morgan fingerprint density at radius 1 is 0.964 bits per heavy atom. The van der Waals surface area contributed by atoms with Crippen LogP contribution in [0.15, 0.2) is 30.3 Å². The number of halogens is 2. The van der Waals surface area contributed by atoms with E-state index in [-0.39, 0.29) is 21.5 Å². The standard InChI is InChI=1S/C19H20Cl2N2O5/c1-26-7-6-22-19(25)13-5-4-12(10-14(13)20)23-18(24)11-8-15(21)17(28-3)16(9-11)27-2/h4-5,8-10H,6-7H2,1-3H3,(H,22,25)(H,23,24). The topological polar surface area (TPSA) is 85.9 Å². The number of carbonyl (C=O) groups is 2. The molecule has 0 spiro atoms. The van der Waals surface area contributed by atoms with E-state index in [4.69, 9.17) is 37.4 Å². The minimum atomic E-state index is -0.420. The molecule has 0 aliphatic carbocycles. The molecule has 2 aromatic carbocycles. The van der Waals surface area contributed by atoms with E-state index in [1.807, 2.05) is 0 Å². The summed E-state index contributed by atoms with van der Waals surface area (Å²) in [7, 11) is 4.45. The molecule has 0 aromatic heterocycles. The number of hydrogen-bond donors (Lipinski definition) is 2. The van der Waals surface area contributed by atoms with Crippen molar-refractivity contribution in [2.75, 3.05) is 39.8 Å². The van der Waals surface area contributed by atoms with Gasteiger partial charge in [0.25, 0.3) is 11.8 Å². The van der Waals surface area contributed by atoms with E-state index >= 15 is 0 Å². The predicted octanol–water partition coefficient (Wildman–Crippen LogP) is 3.64. The third kappa shape index (κ3) is 5.28. The third-order valence-electron chi connectivity index (χ3n) is 3.76. The lowest BCUT2D eigenvalue weighted by molar-refractivity contribution is 0.0937. The number of hydrogen-bond acceptors (Lipinski definition) is 5. The van der Waals surface area contributed by atoms with Gasteiger partial charge in [-0.2, -0.15) is 0 Å².